The Morgan fingerprint density at radius 3 is 2.78 bits per heavy atom. The summed E-state index contributed by atoms with van der Waals surface area (Å²) >= 11 is 0. The van der Waals surface area contributed by atoms with Gasteiger partial charge in [-0.15, -0.1) is 0 Å². The Bertz CT molecular complexity index is 925. The number of carbonyl (C=O) groups is 1. The third-order valence-corrected chi connectivity index (χ3v) is 4.05. The molecule has 1 aliphatic rings. The van der Waals surface area contributed by atoms with E-state index in [1.165, 1.54) is 4.90 Å². The van der Waals surface area contributed by atoms with Crippen molar-refractivity contribution in [1.82, 2.24) is 9.97 Å². The van der Waals surface area contributed by atoms with Crippen molar-refractivity contribution in [3.8, 4) is 0 Å². The monoisotopic (exact) mass is 304 g/mol. The number of hydrogen-bond acceptors (Lipinski definition) is 3. The second kappa shape index (κ2) is 4.98. The number of rotatable bonds is 2. The number of nitrogens with zero attached hydrogens (tertiary/aromatic N) is 2. The van der Waals surface area contributed by atoms with Gasteiger partial charge in [0.1, 0.15) is 11.8 Å². The van der Waals surface area contributed by atoms with Crippen LogP contribution in [0.3, 0.4) is 0 Å². The standard InChI is InChI=1S/C18H14N3O2/c1-11-2-4-12(5-3-11)18-16(22)9-17(23)21(18)13-6-7-14-15(8-13)20-10-19-14/h2-8,10,18,22H,1H3,(H,19,20). The first-order valence-corrected chi connectivity index (χ1v) is 7.29. The van der Waals surface area contributed by atoms with Crippen LogP contribution in [0.1, 0.15) is 17.2 Å². The van der Waals surface area contributed by atoms with Crippen molar-refractivity contribution in [1.29, 1.82) is 0 Å². The molecule has 2 aromatic carbocycles. The van der Waals surface area contributed by atoms with Crippen molar-refractivity contribution < 1.29 is 9.90 Å². The van der Waals surface area contributed by atoms with Crippen LogP contribution < -0.4 is 4.90 Å². The van der Waals surface area contributed by atoms with E-state index in [1.54, 1.807) is 6.33 Å². The SMILES string of the molecule is Cc1ccc(C2C(O)=[C]C(=O)N2c2ccc3[nH]cnc3c2)cc1. The van der Waals surface area contributed by atoms with Crippen LogP contribution >= 0.6 is 0 Å². The Kier molecular flexibility index (Phi) is 2.94. The van der Waals surface area contributed by atoms with E-state index in [0.717, 1.165) is 22.2 Å². The molecule has 0 bridgehead atoms. The lowest BCUT2D eigenvalue weighted by atomic mass is 10.0. The average Bonchev–Trinajstić information content (AvgIpc) is 3.11. The van der Waals surface area contributed by atoms with E-state index in [0.29, 0.717) is 5.69 Å². The molecular weight excluding hydrogens is 290 g/mol. The van der Waals surface area contributed by atoms with E-state index in [1.807, 2.05) is 49.4 Å². The maximum absolute atomic E-state index is 12.3. The summed E-state index contributed by atoms with van der Waals surface area (Å²) in [4.78, 5) is 21.1. The van der Waals surface area contributed by atoms with Crippen molar-refractivity contribution in [2.24, 2.45) is 0 Å². The minimum atomic E-state index is -0.556. The fraction of sp³-hybridized carbons (Fsp3) is 0.111. The minimum Gasteiger partial charge on any atom is -0.509 e. The van der Waals surface area contributed by atoms with Gasteiger partial charge in [0.05, 0.1) is 23.4 Å². The molecule has 0 saturated carbocycles. The molecule has 0 fully saturated rings. The van der Waals surface area contributed by atoms with Crippen molar-refractivity contribution in [2.75, 3.05) is 4.90 Å². The second-order valence-corrected chi connectivity index (χ2v) is 5.60. The van der Waals surface area contributed by atoms with Gasteiger partial charge in [-0.25, -0.2) is 4.98 Å². The number of hydrogen-bond donors (Lipinski definition) is 2. The number of aromatic nitrogens is 2. The number of fused-ring (bicyclic) bond motifs is 1. The third-order valence-electron chi connectivity index (χ3n) is 4.05. The molecule has 5 nitrogen and oxygen atoms in total. The lowest BCUT2D eigenvalue weighted by molar-refractivity contribution is -0.114. The van der Waals surface area contributed by atoms with Crippen LogP contribution in [0.5, 0.6) is 0 Å². The molecule has 0 spiro atoms. The van der Waals surface area contributed by atoms with Crippen LogP contribution in [-0.4, -0.2) is 21.0 Å². The van der Waals surface area contributed by atoms with Gasteiger partial charge in [0, 0.05) is 5.69 Å². The van der Waals surface area contributed by atoms with Gasteiger partial charge >= 0.3 is 0 Å². The highest BCUT2D eigenvalue weighted by molar-refractivity contribution is 6.03. The third kappa shape index (κ3) is 2.17. The van der Waals surface area contributed by atoms with E-state index in [-0.39, 0.29) is 11.7 Å². The summed E-state index contributed by atoms with van der Waals surface area (Å²) in [6.45, 7) is 1.99. The Morgan fingerprint density at radius 1 is 1.22 bits per heavy atom. The molecular formula is C18H14N3O2. The zero-order valence-corrected chi connectivity index (χ0v) is 12.4. The van der Waals surface area contributed by atoms with E-state index < -0.39 is 6.04 Å². The molecule has 23 heavy (non-hydrogen) atoms. The summed E-state index contributed by atoms with van der Waals surface area (Å²) in [6, 6.07) is 12.7. The van der Waals surface area contributed by atoms with Crippen LogP contribution in [0.4, 0.5) is 5.69 Å². The Morgan fingerprint density at radius 2 is 2.00 bits per heavy atom. The number of benzene rings is 2. The lowest BCUT2D eigenvalue weighted by Crippen LogP contribution is -2.29. The van der Waals surface area contributed by atoms with Gasteiger partial charge in [0.2, 0.25) is 0 Å². The molecule has 0 saturated heterocycles. The second-order valence-electron chi connectivity index (χ2n) is 5.60. The van der Waals surface area contributed by atoms with Gasteiger partial charge in [-0.1, -0.05) is 29.8 Å². The van der Waals surface area contributed by atoms with Crippen LogP contribution in [0.2, 0.25) is 0 Å². The smallest absolute Gasteiger partial charge is 0.263 e. The number of H-pyrrole nitrogens is 1. The molecule has 3 aromatic rings. The van der Waals surface area contributed by atoms with Gasteiger partial charge in [-0.05, 0) is 30.7 Å². The summed E-state index contributed by atoms with van der Waals surface area (Å²) in [5.41, 5.74) is 4.30. The molecule has 1 aliphatic heterocycles. The zero-order chi connectivity index (χ0) is 16.0. The number of anilines is 1. The summed E-state index contributed by atoms with van der Waals surface area (Å²) in [6.07, 6.45) is 4.11. The maximum atomic E-state index is 12.3. The van der Waals surface area contributed by atoms with E-state index in [2.05, 4.69) is 16.0 Å². The Hall–Kier alpha value is -3.08. The number of aryl methyl sites for hydroxylation is 1. The number of imidazole rings is 1. The van der Waals surface area contributed by atoms with Crippen molar-refractivity contribution in [3.63, 3.8) is 0 Å². The highest BCUT2D eigenvalue weighted by Gasteiger charge is 2.36. The number of carbonyl (C=O) groups excluding carboxylic acids is 1. The van der Waals surface area contributed by atoms with E-state index in [9.17, 15) is 9.90 Å². The van der Waals surface area contributed by atoms with E-state index in [4.69, 9.17) is 0 Å². The molecule has 0 aliphatic carbocycles. The maximum Gasteiger partial charge on any atom is 0.263 e. The highest BCUT2D eigenvalue weighted by atomic mass is 16.3. The van der Waals surface area contributed by atoms with Crippen LogP contribution in [0.15, 0.2) is 54.6 Å². The van der Waals surface area contributed by atoms with Gasteiger partial charge in [-0.2, -0.15) is 0 Å². The number of amides is 1. The zero-order valence-electron chi connectivity index (χ0n) is 12.4. The molecule has 113 valence electrons. The summed E-state index contributed by atoms with van der Waals surface area (Å²) in [7, 11) is 0. The van der Waals surface area contributed by atoms with Gasteiger partial charge in [0.25, 0.3) is 5.91 Å². The van der Waals surface area contributed by atoms with Gasteiger partial charge < -0.3 is 10.1 Å². The molecule has 4 rings (SSSR count). The van der Waals surface area contributed by atoms with E-state index >= 15 is 0 Å². The summed E-state index contributed by atoms with van der Waals surface area (Å²) in [5, 5.41) is 10.2. The largest absolute Gasteiger partial charge is 0.509 e. The number of aliphatic hydroxyl groups is 1. The molecule has 5 heteroatoms. The van der Waals surface area contributed by atoms with Gasteiger partial charge in [0.15, 0.2) is 0 Å². The fourth-order valence-corrected chi connectivity index (χ4v) is 2.87. The minimum absolute atomic E-state index is 0.0685. The first-order valence-electron chi connectivity index (χ1n) is 7.29. The highest BCUT2D eigenvalue weighted by Crippen LogP contribution is 2.37. The Balaban J connectivity index is 1.81. The van der Waals surface area contributed by atoms with Crippen LogP contribution in [0.25, 0.3) is 11.0 Å². The molecule has 1 atom stereocenters. The predicted molar refractivity (Wildman–Crippen MR) is 86.9 cm³/mol. The molecule has 2 heterocycles. The predicted octanol–water partition coefficient (Wildman–Crippen LogP) is 3.20. The topological polar surface area (TPSA) is 69.2 Å². The quantitative estimate of drug-likeness (QED) is 0.764. The molecule has 1 radical (unpaired) electrons. The fourth-order valence-electron chi connectivity index (χ4n) is 2.87. The van der Waals surface area contributed by atoms with Gasteiger partial charge in [-0.3, -0.25) is 9.69 Å². The average molecular weight is 304 g/mol. The number of aliphatic hydroxyl groups excluding tert-OH is 1. The van der Waals surface area contributed by atoms with Crippen molar-refractivity contribution in [2.45, 2.75) is 13.0 Å². The number of aromatic amines is 1. The lowest BCUT2D eigenvalue weighted by Gasteiger charge is -2.26. The molecule has 1 unspecified atom stereocenters. The molecule has 1 amide bonds. The Labute approximate surface area is 132 Å². The van der Waals surface area contributed by atoms with Crippen LogP contribution in [-0.2, 0) is 4.79 Å². The molecule has 2 N–H and O–H groups in total. The molecule has 1 aromatic heterocycles. The van der Waals surface area contributed by atoms with Crippen molar-refractivity contribution in [3.05, 3.63) is 71.8 Å². The first kappa shape index (κ1) is 13.6. The first-order chi connectivity index (χ1) is 11.1. The summed E-state index contributed by atoms with van der Waals surface area (Å²) < 4.78 is 0. The summed E-state index contributed by atoms with van der Waals surface area (Å²) in [5.74, 6) is -0.427. The number of nitrogens with one attached hydrogen (secondary N) is 1. The van der Waals surface area contributed by atoms with Crippen LogP contribution in [0, 0.1) is 13.0 Å². The normalized spacial score (nSPS) is 17.8. The van der Waals surface area contributed by atoms with Crippen molar-refractivity contribution >= 4 is 22.6 Å².